The van der Waals surface area contributed by atoms with Crippen molar-refractivity contribution < 1.29 is 4.79 Å². The van der Waals surface area contributed by atoms with Gasteiger partial charge >= 0.3 is 0 Å². The molecule has 1 amide bonds. The van der Waals surface area contributed by atoms with Crippen LogP contribution in [0, 0.1) is 0 Å². The highest BCUT2D eigenvalue weighted by molar-refractivity contribution is 7.15. The van der Waals surface area contributed by atoms with E-state index < -0.39 is 5.91 Å². The quantitative estimate of drug-likeness (QED) is 0.724. The molecule has 0 radical (unpaired) electrons. The Balaban J connectivity index is 1.85. The molecule has 8 heteroatoms. The summed E-state index contributed by atoms with van der Waals surface area (Å²) in [6.07, 6.45) is 6.03. The highest BCUT2D eigenvalue weighted by atomic mass is 32.1. The van der Waals surface area contributed by atoms with Crippen molar-refractivity contribution in [1.29, 1.82) is 0 Å². The van der Waals surface area contributed by atoms with Gasteiger partial charge < -0.3 is 10.3 Å². The second kappa shape index (κ2) is 4.65. The summed E-state index contributed by atoms with van der Waals surface area (Å²) in [5, 5.41) is 4.38. The smallest absolute Gasteiger partial charge is 0.271 e. The molecule has 0 saturated heterocycles. The molecule has 0 aliphatic heterocycles. The van der Waals surface area contributed by atoms with E-state index in [0.29, 0.717) is 4.96 Å². The van der Waals surface area contributed by atoms with E-state index in [4.69, 9.17) is 0 Å². The van der Waals surface area contributed by atoms with Crippen molar-refractivity contribution in [3.8, 4) is 0 Å². The van der Waals surface area contributed by atoms with Gasteiger partial charge in [-0.1, -0.05) is 0 Å². The molecule has 19 heavy (non-hydrogen) atoms. The number of hydrogen-bond donors (Lipinski definition) is 2. The first-order chi connectivity index (χ1) is 9.25. The summed E-state index contributed by atoms with van der Waals surface area (Å²) in [6.45, 7) is 0.282. The zero-order valence-electron chi connectivity index (χ0n) is 9.66. The molecule has 0 aliphatic rings. The summed E-state index contributed by atoms with van der Waals surface area (Å²) in [7, 11) is 0. The van der Waals surface area contributed by atoms with Crippen LogP contribution in [0.15, 0.2) is 35.1 Å². The Bertz CT molecular complexity index is 774. The lowest BCUT2D eigenvalue weighted by Crippen LogP contribution is -2.30. The predicted molar refractivity (Wildman–Crippen MR) is 69.1 cm³/mol. The maximum absolute atomic E-state index is 12.0. The van der Waals surface area contributed by atoms with E-state index in [0.717, 1.165) is 5.69 Å². The molecule has 96 valence electrons. The number of H-pyrrole nitrogens is 1. The molecule has 0 fully saturated rings. The van der Waals surface area contributed by atoms with E-state index >= 15 is 0 Å². The van der Waals surface area contributed by atoms with Gasteiger partial charge in [-0.15, -0.1) is 11.3 Å². The molecule has 0 saturated carbocycles. The lowest BCUT2D eigenvalue weighted by molar-refractivity contribution is 0.0948. The average molecular weight is 275 g/mol. The van der Waals surface area contributed by atoms with Gasteiger partial charge in [-0.2, -0.15) is 0 Å². The van der Waals surface area contributed by atoms with Gasteiger partial charge in [-0.3, -0.25) is 14.0 Å². The molecule has 0 aliphatic carbocycles. The van der Waals surface area contributed by atoms with Crippen molar-refractivity contribution in [1.82, 2.24) is 24.7 Å². The van der Waals surface area contributed by atoms with E-state index in [1.165, 1.54) is 28.3 Å². The third-order valence-electron chi connectivity index (χ3n) is 2.58. The third kappa shape index (κ3) is 2.13. The number of aromatic nitrogens is 4. The Kier molecular flexibility index (Phi) is 2.84. The zero-order valence-corrected chi connectivity index (χ0v) is 10.5. The van der Waals surface area contributed by atoms with Gasteiger partial charge in [-0.05, 0) is 0 Å². The van der Waals surface area contributed by atoms with E-state index in [1.54, 1.807) is 17.8 Å². The highest BCUT2D eigenvalue weighted by Gasteiger charge is 2.13. The molecule has 7 nitrogen and oxygen atoms in total. The summed E-state index contributed by atoms with van der Waals surface area (Å²) < 4.78 is 1.36. The minimum Gasteiger partial charge on any atom is -0.347 e. The van der Waals surface area contributed by atoms with Crippen molar-refractivity contribution in [3.63, 3.8) is 0 Å². The molecule has 3 aromatic rings. The van der Waals surface area contributed by atoms with E-state index in [-0.39, 0.29) is 17.7 Å². The van der Waals surface area contributed by atoms with Gasteiger partial charge in [0.25, 0.3) is 11.5 Å². The van der Waals surface area contributed by atoms with Gasteiger partial charge in [0.2, 0.25) is 0 Å². The lowest BCUT2D eigenvalue weighted by atomic mass is 10.3. The first kappa shape index (κ1) is 11.6. The number of aromatic amines is 1. The molecule has 3 heterocycles. The van der Waals surface area contributed by atoms with Crippen LogP contribution in [0.1, 0.15) is 16.1 Å². The number of thiazole rings is 1. The van der Waals surface area contributed by atoms with Crippen molar-refractivity contribution in [3.05, 3.63) is 51.9 Å². The normalized spacial score (nSPS) is 10.7. The van der Waals surface area contributed by atoms with Crippen LogP contribution >= 0.6 is 11.3 Å². The minimum absolute atomic E-state index is 0.0235. The lowest BCUT2D eigenvalue weighted by Gasteiger charge is -2.03. The number of rotatable bonds is 3. The number of fused-ring (bicyclic) bond motifs is 1. The third-order valence-corrected chi connectivity index (χ3v) is 3.35. The summed E-state index contributed by atoms with van der Waals surface area (Å²) in [6, 6.07) is 0. The van der Waals surface area contributed by atoms with Crippen LogP contribution in [0.25, 0.3) is 4.96 Å². The highest BCUT2D eigenvalue weighted by Crippen LogP contribution is 2.05. The Morgan fingerprint density at radius 1 is 1.47 bits per heavy atom. The first-order valence-corrected chi connectivity index (χ1v) is 6.34. The van der Waals surface area contributed by atoms with Crippen molar-refractivity contribution in [2.75, 3.05) is 0 Å². The van der Waals surface area contributed by atoms with Crippen LogP contribution in [-0.4, -0.2) is 25.3 Å². The van der Waals surface area contributed by atoms with Crippen LogP contribution in [0.4, 0.5) is 0 Å². The fourth-order valence-corrected chi connectivity index (χ4v) is 2.31. The maximum atomic E-state index is 12.0. The molecule has 0 aromatic carbocycles. The fraction of sp³-hybridized carbons (Fsp3) is 0.0909. The van der Waals surface area contributed by atoms with Gasteiger partial charge in [0.1, 0.15) is 5.56 Å². The number of amides is 1. The SMILES string of the molecule is O=C(NCc1cnc[nH]1)c1cnc2sccn2c1=O. The van der Waals surface area contributed by atoms with Crippen molar-refractivity contribution >= 4 is 22.2 Å². The zero-order chi connectivity index (χ0) is 13.2. The second-order valence-corrected chi connectivity index (χ2v) is 4.67. The van der Waals surface area contributed by atoms with Gasteiger partial charge in [0.05, 0.1) is 18.6 Å². The molecule has 0 bridgehead atoms. The van der Waals surface area contributed by atoms with Gasteiger partial charge in [-0.25, -0.2) is 9.97 Å². The minimum atomic E-state index is -0.451. The molecule has 0 unspecified atom stereocenters. The molecular formula is C11H9N5O2S. The topological polar surface area (TPSA) is 92.2 Å². The average Bonchev–Trinajstić information content (AvgIpc) is 3.07. The summed E-state index contributed by atoms with van der Waals surface area (Å²) in [4.78, 5) is 35.3. The number of imidazole rings is 1. The van der Waals surface area contributed by atoms with Gasteiger partial charge in [0.15, 0.2) is 4.96 Å². The Morgan fingerprint density at radius 3 is 3.16 bits per heavy atom. The van der Waals surface area contributed by atoms with Crippen molar-refractivity contribution in [2.45, 2.75) is 6.54 Å². The second-order valence-electron chi connectivity index (χ2n) is 3.79. The Morgan fingerprint density at radius 2 is 2.37 bits per heavy atom. The molecule has 3 rings (SSSR count). The molecule has 3 aromatic heterocycles. The number of hydrogen-bond acceptors (Lipinski definition) is 5. The summed E-state index contributed by atoms with van der Waals surface area (Å²) >= 11 is 1.34. The number of carbonyl (C=O) groups is 1. The largest absolute Gasteiger partial charge is 0.347 e. The molecule has 2 N–H and O–H groups in total. The van der Waals surface area contributed by atoms with Crippen LogP contribution in [0.2, 0.25) is 0 Å². The molecule has 0 atom stereocenters. The van der Waals surface area contributed by atoms with Crippen LogP contribution < -0.4 is 10.9 Å². The van der Waals surface area contributed by atoms with Crippen LogP contribution in [0.5, 0.6) is 0 Å². The van der Waals surface area contributed by atoms with Crippen LogP contribution in [-0.2, 0) is 6.54 Å². The first-order valence-electron chi connectivity index (χ1n) is 5.46. The summed E-state index contributed by atoms with van der Waals surface area (Å²) in [5.74, 6) is -0.451. The van der Waals surface area contributed by atoms with Gasteiger partial charge in [0, 0.05) is 24.0 Å². The fourth-order valence-electron chi connectivity index (χ4n) is 1.63. The number of carbonyl (C=O) groups excluding carboxylic acids is 1. The Labute approximate surface area is 111 Å². The Hall–Kier alpha value is -2.48. The van der Waals surface area contributed by atoms with E-state index in [2.05, 4.69) is 20.3 Å². The van der Waals surface area contributed by atoms with E-state index in [1.807, 2.05) is 0 Å². The van der Waals surface area contributed by atoms with E-state index in [9.17, 15) is 9.59 Å². The number of nitrogens with zero attached hydrogens (tertiary/aromatic N) is 3. The predicted octanol–water partition coefficient (Wildman–Crippen LogP) is 0.409. The standard InChI is InChI=1S/C11H9N5O2S/c17-9(13-4-7-3-12-6-15-7)8-5-14-11-16(10(8)18)1-2-19-11/h1-3,5-6H,4H2,(H,12,15)(H,13,17). The molecular weight excluding hydrogens is 266 g/mol. The maximum Gasteiger partial charge on any atom is 0.271 e. The molecule has 0 spiro atoms. The monoisotopic (exact) mass is 275 g/mol. The van der Waals surface area contributed by atoms with Crippen LogP contribution in [0.3, 0.4) is 0 Å². The number of nitrogens with one attached hydrogen (secondary N) is 2. The summed E-state index contributed by atoms with van der Waals surface area (Å²) in [5.41, 5.74) is 0.418. The van der Waals surface area contributed by atoms with Crippen molar-refractivity contribution in [2.24, 2.45) is 0 Å².